The molecule has 0 unspecified atom stereocenters. The highest BCUT2D eigenvalue weighted by Gasteiger charge is 2.04. The van der Waals surface area contributed by atoms with Gasteiger partial charge in [0.1, 0.15) is 0 Å². The highest BCUT2D eigenvalue weighted by atomic mass is 35.5. The number of rotatable bonds is 2. The number of hydrogen-bond acceptors (Lipinski definition) is 2. The van der Waals surface area contributed by atoms with Crippen LogP contribution in [0.1, 0.15) is 5.56 Å². The number of benzene rings is 1. The van der Waals surface area contributed by atoms with E-state index in [2.05, 4.69) is 22.7 Å². The molecule has 0 atom stereocenters. The maximum atomic E-state index is 5.91. The van der Waals surface area contributed by atoms with Crippen molar-refractivity contribution in [3.05, 3.63) is 32.8 Å². The van der Waals surface area contributed by atoms with Gasteiger partial charge in [-0.25, -0.2) is 0 Å². The number of nitrogens with two attached hydrogens (primary N) is 1. The van der Waals surface area contributed by atoms with Gasteiger partial charge in [0.15, 0.2) is 5.11 Å². The van der Waals surface area contributed by atoms with Crippen molar-refractivity contribution in [3.8, 4) is 0 Å². The molecule has 80 valence electrons. The Hall–Kier alpha value is -0.550. The maximum Gasteiger partial charge on any atom is 0.184 e. The van der Waals surface area contributed by atoms with Crippen molar-refractivity contribution < 1.29 is 0 Å². The summed E-state index contributed by atoms with van der Waals surface area (Å²) in [7, 11) is 0. The Kier molecular flexibility index (Phi) is 4.60. The van der Waals surface area contributed by atoms with E-state index in [-0.39, 0.29) is 5.11 Å². The molecule has 1 rings (SSSR count). The molecule has 0 fully saturated rings. The molecule has 0 aromatic heterocycles. The molecule has 0 aliphatic rings. The summed E-state index contributed by atoms with van der Waals surface area (Å²) in [6.07, 6.45) is 1.43. The summed E-state index contributed by atoms with van der Waals surface area (Å²) >= 11 is 22.1. The number of halogens is 3. The summed E-state index contributed by atoms with van der Waals surface area (Å²) in [4.78, 5) is 0. The third-order valence-corrected chi connectivity index (χ3v) is 2.53. The van der Waals surface area contributed by atoms with Gasteiger partial charge in [-0.1, -0.05) is 34.8 Å². The average Bonchev–Trinajstić information content (AvgIpc) is 2.12. The summed E-state index contributed by atoms with van der Waals surface area (Å²) in [6.45, 7) is 0. The van der Waals surface area contributed by atoms with E-state index in [9.17, 15) is 0 Å². The van der Waals surface area contributed by atoms with Gasteiger partial charge in [0, 0.05) is 10.6 Å². The number of hydrazone groups is 1. The molecule has 0 aliphatic carbocycles. The van der Waals surface area contributed by atoms with Crippen LogP contribution in [0.15, 0.2) is 17.2 Å². The largest absolute Gasteiger partial charge is 0.375 e. The minimum atomic E-state index is 0.0653. The zero-order valence-corrected chi connectivity index (χ0v) is 10.4. The molecular weight excluding hydrogens is 277 g/mol. The molecule has 15 heavy (non-hydrogen) atoms. The van der Waals surface area contributed by atoms with Crippen LogP contribution in [0.4, 0.5) is 0 Å². The fraction of sp³-hybridized carbons (Fsp3) is 0. The van der Waals surface area contributed by atoms with Crippen LogP contribution in [-0.4, -0.2) is 11.3 Å². The van der Waals surface area contributed by atoms with E-state index < -0.39 is 0 Å². The Morgan fingerprint density at radius 3 is 2.67 bits per heavy atom. The normalized spacial score (nSPS) is 10.6. The van der Waals surface area contributed by atoms with Crippen LogP contribution >= 0.6 is 47.0 Å². The lowest BCUT2D eigenvalue weighted by atomic mass is 10.2. The Bertz CT molecular complexity index is 420. The van der Waals surface area contributed by atoms with Crippen molar-refractivity contribution in [2.24, 2.45) is 10.8 Å². The number of nitrogens with zero attached hydrogens (tertiary/aromatic N) is 1. The van der Waals surface area contributed by atoms with Gasteiger partial charge in [-0.05, 0) is 24.4 Å². The van der Waals surface area contributed by atoms with Gasteiger partial charge in [0.2, 0.25) is 0 Å². The molecule has 1 aromatic carbocycles. The predicted molar refractivity (Wildman–Crippen MR) is 69.0 cm³/mol. The molecule has 0 heterocycles. The van der Waals surface area contributed by atoms with Gasteiger partial charge in [-0.3, -0.25) is 5.43 Å². The van der Waals surface area contributed by atoms with Crippen LogP contribution in [0.3, 0.4) is 0 Å². The monoisotopic (exact) mass is 281 g/mol. The summed E-state index contributed by atoms with van der Waals surface area (Å²) in [5.41, 5.74) is 8.15. The number of nitrogens with one attached hydrogen (secondary N) is 1. The van der Waals surface area contributed by atoms with Crippen LogP contribution in [-0.2, 0) is 0 Å². The van der Waals surface area contributed by atoms with E-state index in [0.717, 1.165) is 0 Å². The van der Waals surface area contributed by atoms with E-state index in [0.29, 0.717) is 20.6 Å². The van der Waals surface area contributed by atoms with Crippen molar-refractivity contribution in [3.63, 3.8) is 0 Å². The van der Waals surface area contributed by atoms with E-state index >= 15 is 0 Å². The second kappa shape index (κ2) is 5.51. The summed E-state index contributed by atoms with van der Waals surface area (Å²) in [5.74, 6) is 0. The molecule has 3 nitrogen and oxygen atoms in total. The molecule has 0 amide bonds. The molecular formula is C8H6Cl3N3S. The summed E-state index contributed by atoms with van der Waals surface area (Å²) in [6, 6.07) is 3.17. The highest BCUT2D eigenvalue weighted by molar-refractivity contribution is 7.80. The van der Waals surface area contributed by atoms with Crippen molar-refractivity contribution in [2.75, 3.05) is 0 Å². The van der Waals surface area contributed by atoms with Crippen molar-refractivity contribution in [2.45, 2.75) is 0 Å². The first kappa shape index (κ1) is 12.5. The lowest BCUT2D eigenvalue weighted by Crippen LogP contribution is -2.24. The van der Waals surface area contributed by atoms with E-state index in [1.54, 1.807) is 12.1 Å². The minimum Gasteiger partial charge on any atom is -0.375 e. The van der Waals surface area contributed by atoms with Crippen LogP contribution in [0.25, 0.3) is 0 Å². The third-order valence-electron chi connectivity index (χ3n) is 1.40. The SMILES string of the molecule is NC(=S)N/N=C/c1cc(Cl)cc(Cl)c1Cl. The van der Waals surface area contributed by atoms with Crippen LogP contribution in [0.5, 0.6) is 0 Å². The average molecular weight is 283 g/mol. The molecule has 0 bridgehead atoms. The molecule has 0 spiro atoms. The van der Waals surface area contributed by atoms with Gasteiger partial charge in [0.05, 0.1) is 16.3 Å². The molecule has 1 aromatic rings. The van der Waals surface area contributed by atoms with E-state index in [4.69, 9.17) is 40.5 Å². The quantitative estimate of drug-likeness (QED) is 0.379. The van der Waals surface area contributed by atoms with Crippen molar-refractivity contribution in [1.82, 2.24) is 5.43 Å². The predicted octanol–water partition coefficient (Wildman–Crippen LogP) is 2.81. The fourth-order valence-electron chi connectivity index (χ4n) is 0.835. The number of thiocarbonyl (C=S) groups is 1. The second-order valence-corrected chi connectivity index (χ2v) is 4.19. The van der Waals surface area contributed by atoms with Gasteiger partial charge in [-0.15, -0.1) is 0 Å². The maximum absolute atomic E-state index is 5.91. The van der Waals surface area contributed by atoms with Crippen molar-refractivity contribution in [1.29, 1.82) is 0 Å². The summed E-state index contributed by atoms with van der Waals surface area (Å²) < 4.78 is 0. The van der Waals surface area contributed by atoms with Gasteiger partial charge in [-0.2, -0.15) is 5.10 Å². The fourth-order valence-corrected chi connectivity index (χ4v) is 1.56. The first-order valence-corrected chi connectivity index (χ1v) is 5.28. The second-order valence-electron chi connectivity index (χ2n) is 2.53. The van der Waals surface area contributed by atoms with E-state index in [1.165, 1.54) is 6.21 Å². The zero-order valence-electron chi connectivity index (χ0n) is 7.30. The van der Waals surface area contributed by atoms with Gasteiger partial charge < -0.3 is 5.73 Å². The highest BCUT2D eigenvalue weighted by Crippen LogP contribution is 2.28. The molecule has 0 saturated heterocycles. The van der Waals surface area contributed by atoms with E-state index in [1.807, 2.05) is 0 Å². The standard InChI is InChI=1S/C8H6Cl3N3S/c9-5-1-4(3-13-14-8(12)15)7(11)6(10)2-5/h1-3H,(H3,12,14,15)/b13-3+. The summed E-state index contributed by atoms with van der Waals surface area (Å²) in [5, 5.41) is 5.01. The van der Waals surface area contributed by atoms with Crippen molar-refractivity contribution >= 4 is 58.3 Å². The molecule has 3 N–H and O–H groups in total. The van der Waals surface area contributed by atoms with Crippen LogP contribution in [0, 0.1) is 0 Å². The van der Waals surface area contributed by atoms with Gasteiger partial charge in [0.25, 0.3) is 0 Å². The Morgan fingerprint density at radius 1 is 1.40 bits per heavy atom. The zero-order chi connectivity index (χ0) is 11.4. The smallest absolute Gasteiger partial charge is 0.184 e. The Labute approximate surface area is 107 Å². The third kappa shape index (κ3) is 3.83. The van der Waals surface area contributed by atoms with Gasteiger partial charge >= 0.3 is 0 Å². The molecule has 0 saturated carbocycles. The first-order valence-electron chi connectivity index (χ1n) is 3.73. The molecule has 0 radical (unpaired) electrons. The Morgan fingerprint density at radius 2 is 2.07 bits per heavy atom. The minimum absolute atomic E-state index is 0.0653. The topological polar surface area (TPSA) is 50.4 Å². The first-order chi connectivity index (χ1) is 7.00. The lowest BCUT2D eigenvalue weighted by Gasteiger charge is -2.01. The molecule has 7 heteroatoms. The lowest BCUT2D eigenvalue weighted by molar-refractivity contribution is 1.04. The molecule has 0 aliphatic heterocycles. The number of hydrogen-bond donors (Lipinski definition) is 2. The van der Waals surface area contributed by atoms with Crippen LogP contribution in [0.2, 0.25) is 15.1 Å². The van der Waals surface area contributed by atoms with Crippen LogP contribution < -0.4 is 11.2 Å². The Balaban J connectivity index is 2.94.